The first-order valence-electron chi connectivity index (χ1n) is 9.57. The number of aryl methyl sites for hydroxylation is 2. The third-order valence-corrected chi connectivity index (χ3v) is 5.30. The minimum absolute atomic E-state index is 0.115. The van der Waals surface area contributed by atoms with E-state index in [4.69, 9.17) is 9.15 Å². The number of rotatable bonds is 5. The van der Waals surface area contributed by atoms with Crippen molar-refractivity contribution in [3.8, 4) is 5.75 Å². The highest BCUT2D eigenvalue weighted by molar-refractivity contribution is 5.86. The van der Waals surface area contributed by atoms with E-state index in [1.54, 1.807) is 0 Å². The van der Waals surface area contributed by atoms with Crippen LogP contribution in [0, 0.1) is 6.92 Å². The zero-order valence-electron chi connectivity index (χ0n) is 16.0. The zero-order chi connectivity index (χ0) is 19.4. The molecular weight excluding hydrogens is 346 g/mol. The lowest BCUT2D eigenvalue weighted by Crippen LogP contribution is -2.24. The van der Waals surface area contributed by atoms with Crippen molar-refractivity contribution in [2.45, 2.75) is 52.0 Å². The Kier molecular flexibility index (Phi) is 6.16. The van der Waals surface area contributed by atoms with Crippen LogP contribution in [0.2, 0.25) is 0 Å². The molecule has 1 aromatic heterocycles. The molecule has 0 atom stereocenters. The highest BCUT2D eigenvalue weighted by Gasteiger charge is 2.20. The molecule has 0 aliphatic carbocycles. The van der Waals surface area contributed by atoms with Gasteiger partial charge in [0.25, 0.3) is 0 Å². The van der Waals surface area contributed by atoms with E-state index in [-0.39, 0.29) is 18.1 Å². The van der Waals surface area contributed by atoms with E-state index in [1.807, 2.05) is 13.0 Å². The molecule has 3 rings (SSSR count). The number of aromatic hydroxyl groups is 1. The summed E-state index contributed by atoms with van der Waals surface area (Å²) in [5.41, 5.74) is 2.14. The number of hydrogen-bond donors (Lipinski definition) is 1. The van der Waals surface area contributed by atoms with Gasteiger partial charge >= 0.3 is 11.6 Å². The number of phenols is 1. The molecule has 1 aliphatic heterocycles. The van der Waals surface area contributed by atoms with Gasteiger partial charge in [0, 0.05) is 24.4 Å². The molecule has 6 nitrogen and oxygen atoms in total. The van der Waals surface area contributed by atoms with Gasteiger partial charge in [0.2, 0.25) is 0 Å². The third kappa shape index (κ3) is 4.50. The number of methoxy groups -OCH3 is 1. The van der Waals surface area contributed by atoms with E-state index < -0.39 is 5.63 Å². The lowest BCUT2D eigenvalue weighted by Gasteiger charge is -2.22. The minimum atomic E-state index is -0.418. The van der Waals surface area contributed by atoms with Gasteiger partial charge in [-0.15, -0.1) is 0 Å². The molecule has 1 aromatic carbocycles. The van der Waals surface area contributed by atoms with E-state index in [0.29, 0.717) is 29.7 Å². The highest BCUT2D eigenvalue weighted by atomic mass is 16.5. The zero-order valence-corrected chi connectivity index (χ0v) is 16.0. The van der Waals surface area contributed by atoms with Crippen LogP contribution in [0.5, 0.6) is 5.75 Å². The molecule has 6 heteroatoms. The average molecular weight is 373 g/mol. The summed E-state index contributed by atoms with van der Waals surface area (Å²) in [5.74, 6) is -0.204. The molecule has 0 bridgehead atoms. The number of likely N-dealkylation sites (tertiary alicyclic amines) is 1. The van der Waals surface area contributed by atoms with Gasteiger partial charge in [0.1, 0.15) is 11.3 Å². The van der Waals surface area contributed by atoms with E-state index in [0.717, 1.165) is 36.9 Å². The van der Waals surface area contributed by atoms with Crippen LogP contribution < -0.4 is 5.63 Å². The first kappa shape index (κ1) is 19.4. The van der Waals surface area contributed by atoms with Crippen molar-refractivity contribution in [3.63, 3.8) is 0 Å². The van der Waals surface area contributed by atoms with Gasteiger partial charge in [0.15, 0.2) is 0 Å². The normalized spacial score (nSPS) is 15.6. The van der Waals surface area contributed by atoms with Crippen molar-refractivity contribution in [3.05, 3.63) is 39.2 Å². The Labute approximate surface area is 158 Å². The maximum atomic E-state index is 11.9. The second-order valence-corrected chi connectivity index (χ2v) is 7.25. The van der Waals surface area contributed by atoms with Gasteiger partial charge < -0.3 is 14.3 Å². The molecule has 0 spiro atoms. The van der Waals surface area contributed by atoms with Crippen LogP contribution in [0.15, 0.2) is 21.3 Å². The predicted octanol–water partition coefficient (Wildman–Crippen LogP) is 3.29. The number of esters is 1. The van der Waals surface area contributed by atoms with Gasteiger partial charge in [-0.05, 0) is 56.5 Å². The summed E-state index contributed by atoms with van der Waals surface area (Å²) in [6, 6.07) is 3.27. The number of phenolic OH excluding ortho intramolecular Hbond substituents is 1. The van der Waals surface area contributed by atoms with Gasteiger partial charge in [-0.3, -0.25) is 9.69 Å². The minimum Gasteiger partial charge on any atom is -0.507 e. The molecular formula is C21H27NO5. The number of fused-ring (bicyclic) bond motifs is 1. The molecule has 0 saturated carbocycles. The first-order chi connectivity index (χ1) is 13.0. The Morgan fingerprint density at radius 2 is 1.93 bits per heavy atom. The molecule has 0 radical (unpaired) electrons. The fourth-order valence-corrected chi connectivity index (χ4v) is 3.76. The number of carbonyl (C=O) groups is 1. The average Bonchev–Trinajstić information content (AvgIpc) is 2.91. The van der Waals surface area contributed by atoms with Crippen LogP contribution >= 0.6 is 0 Å². The van der Waals surface area contributed by atoms with E-state index in [2.05, 4.69) is 4.90 Å². The van der Waals surface area contributed by atoms with Crippen molar-refractivity contribution in [1.29, 1.82) is 0 Å². The molecule has 0 amide bonds. The van der Waals surface area contributed by atoms with Crippen molar-refractivity contribution >= 4 is 16.9 Å². The maximum Gasteiger partial charge on any atom is 0.336 e. The Morgan fingerprint density at radius 1 is 1.22 bits per heavy atom. The van der Waals surface area contributed by atoms with Crippen LogP contribution in [-0.4, -0.2) is 36.2 Å². The molecule has 1 aliphatic rings. The summed E-state index contributed by atoms with van der Waals surface area (Å²) in [7, 11) is 1.35. The number of benzene rings is 1. The van der Waals surface area contributed by atoms with E-state index in [1.165, 1.54) is 26.0 Å². The quantitative estimate of drug-likeness (QED) is 0.640. The molecule has 2 aromatic rings. The van der Waals surface area contributed by atoms with Crippen LogP contribution in [0.1, 0.15) is 48.8 Å². The Balaban J connectivity index is 2.05. The van der Waals surface area contributed by atoms with Crippen molar-refractivity contribution in [1.82, 2.24) is 4.90 Å². The SMILES string of the molecule is COC(=O)CCc1cc2c(C)cc(=O)oc2c(CN2CCCCCC2)c1O. The number of carbonyl (C=O) groups excluding carboxylic acids is 1. The van der Waals surface area contributed by atoms with Crippen LogP contribution in [0.4, 0.5) is 0 Å². The van der Waals surface area contributed by atoms with Gasteiger partial charge in [-0.2, -0.15) is 0 Å². The summed E-state index contributed by atoms with van der Waals surface area (Å²) in [6.45, 7) is 4.31. The highest BCUT2D eigenvalue weighted by Crippen LogP contribution is 2.34. The summed E-state index contributed by atoms with van der Waals surface area (Å²) in [4.78, 5) is 25.8. The lowest BCUT2D eigenvalue weighted by atomic mass is 9.98. The molecule has 1 fully saturated rings. The summed E-state index contributed by atoms with van der Waals surface area (Å²) in [6.07, 6.45) is 5.26. The Hall–Kier alpha value is -2.34. The monoisotopic (exact) mass is 373 g/mol. The van der Waals surface area contributed by atoms with Crippen LogP contribution in [0.25, 0.3) is 11.0 Å². The third-order valence-electron chi connectivity index (χ3n) is 5.30. The van der Waals surface area contributed by atoms with Gasteiger partial charge in [0.05, 0.1) is 12.7 Å². The van der Waals surface area contributed by atoms with Crippen LogP contribution in [0.3, 0.4) is 0 Å². The Morgan fingerprint density at radius 3 is 2.59 bits per heavy atom. The molecule has 0 unspecified atom stereocenters. The summed E-state index contributed by atoms with van der Waals surface area (Å²) < 4.78 is 10.2. The molecule has 146 valence electrons. The van der Waals surface area contributed by atoms with Crippen LogP contribution in [-0.2, 0) is 22.5 Å². The number of hydrogen-bond acceptors (Lipinski definition) is 6. The summed E-state index contributed by atoms with van der Waals surface area (Å²) >= 11 is 0. The topological polar surface area (TPSA) is 80.0 Å². The lowest BCUT2D eigenvalue weighted by molar-refractivity contribution is -0.140. The van der Waals surface area contributed by atoms with Crippen molar-refractivity contribution < 1.29 is 19.1 Å². The van der Waals surface area contributed by atoms with Crippen molar-refractivity contribution in [2.75, 3.05) is 20.2 Å². The van der Waals surface area contributed by atoms with E-state index >= 15 is 0 Å². The van der Waals surface area contributed by atoms with Crippen molar-refractivity contribution in [2.24, 2.45) is 0 Å². The second kappa shape index (κ2) is 8.57. The van der Waals surface area contributed by atoms with Gasteiger partial charge in [-0.25, -0.2) is 4.79 Å². The standard InChI is InChI=1S/C21H27NO5/c1-14-11-19(24)27-21-16(14)12-15(7-8-18(23)26-2)20(25)17(21)13-22-9-5-3-4-6-10-22/h11-12,25H,3-10,13H2,1-2H3. The second-order valence-electron chi connectivity index (χ2n) is 7.25. The molecule has 2 heterocycles. The summed E-state index contributed by atoms with van der Waals surface area (Å²) in [5, 5.41) is 11.7. The van der Waals surface area contributed by atoms with E-state index in [9.17, 15) is 14.7 Å². The smallest absolute Gasteiger partial charge is 0.336 e. The molecule has 1 saturated heterocycles. The number of ether oxygens (including phenoxy) is 1. The number of nitrogens with zero attached hydrogens (tertiary/aromatic N) is 1. The Bertz CT molecular complexity index is 878. The molecule has 1 N–H and O–H groups in total. The van der Waals surface area contributed by atoms with Gasteiger partial charge in [-0.1, -0.05) is 12.8 Å². The fourth-order valence-electron chi connectivity index (χ4n) is 3.76. The fraction of sp³-hybridized carbons (Fsp3) is 0.524. The first-order valence-corrected chi connectivity index (χ1v) is 9.57. The largest absolute Gasteiger partial charge is 0.507 e. The predicted molar refractivity (Wildman–Crippen MR) is 103 cm³/mol. The molecule has 27 heavy (non-hydrogen) atoms. The maximum absolute atomic E-state index is 11.9.